The van der Waals surface area contributed by atoms with Gasteiger partial charge in [-0.1, -0.05) is 0 Å². The highest BCUT2D eigenvalue weighted by atomic mass is 16.7. The summed E-state index contributed by atoms with van der Waals surface area (Å²) in [6, 6.07) is 6.14. The predicted molar refractivity (Wildman–Crippen MR) is 85.8 cm³/mol. The van der Waals surface area contributed by atoms with Crippen LogP contribution in [0.5, 0.6) is 17.2 Å². The third kappa shape index (κ3) is 4.82. The third-order valence-electron chi connectivity index (χ3n) is 2.96. The van der Waals surface area contributed by atoms with Crippen LogP contribution in [0, 0.1) is 0 Å². The molecule has 0 saturated carbocycles. The Morgan fingerprint density at radius 2 is 1.76 bits per heavy atom. The van der Waals surface area contributed by atoms with Gasteiger partial charge in [0.1, 0.15) is 28.6 Å². The summed E-state index contributed by atoms with van der Waals surface area (Å²) in [5.41, 5.74) is 0.352. The van der Waals surface area contributed by atoms with Crippen molar-refractivity contribution < 1.29 is 37.7 Å². The number of esters is 1. The van der Waals surface area contributed by atoms with Crippen LogP contribution >= 0.6 is 0 Å². The summed E-state index contributed by atoms with van der Waals surface area (Å²) in [7, 11) is 2.95. The summed E-state index contributed by atoms with van der Waals surface area (Å²) in [6.45, 7) is 1.21. The molecule has 0 fully saturated rings. The van der Waals surface area contributed by atoms with Gasteiger partial charge in [0.05, 0.1) is 0 Å². The van der Waals surface area contributed by atoms with Gasteiger partial charge in [0.2, 0.25) is 0 Å². The van der Waals surface area contributed by atoms with Crippen molar-refractivity contribution in [3.8, 4) is 28.6 Å². The van der Waals surface area contributed by atoms with Gasteiger partial charge in [-0.25, -0.2) is 0 Å². The summed E-state index contributed by atoms with van der Waals surface area (Å²) in [5.74, 6) is 0.682. The van der Waals surface area contributed by atoms with Crippen molar-refractivity contribution in [2.24, 2.45) is 0 Å². The van der Waals surface area contributed by atoms with Crippen molar-refractivity contribution in [3.05, 3.63) is 30.0 Å². The van der Waals surface area contributed by atoms with Crippen LogP contribution in [-0.2, 0) is 14.3 Å². The summed E-state index contributed by atoms with van der Waals surface area (Å²) in [5, 5.41) is 0. The molecule has 0 aliphatic heterocycles. The average Bonchev–Trinajstić information content (AvgIpc) is 3.06. The van der Waals surface area contributed by atoms with Crippen LogP contribution in [0.4, 0.5) is 0 Å². The molecule has 0 amide bonds. The van der Waals surface area contributed by atoms with Gasteiger partial charge < -0.3 is 28.1 Å². The number of furan rings is 1. The average molecular weight is 350 g/mol. The molecule has 0 N–H and O–H groups in total. The summed E-state index contributed by atoms with van der Waals surface area (Å²) >= 11 is 0. The minimum atomic E-state index is -0.537. The van der Waals surface area contributed by atoms with Gasteiger partial charge in [-0.2, -0.15) is 0 Å². The molecule has 8 nitrogen and oxygen atoms in total. The highest BCUT2D eigenvalue weighted by Gasteiger charge is 2.21. The Bertz CT molecular complexity index is 734. The van der Waals surface area contributed by atoms with Crippen LogP contribution in [-0.4, -0.2) is 40.1 Å². The second kappa shape index (κ2) is 8.86. The Kier molecular flexibility index (Phi) is 6.55. The molecule has 25 heavy (non-hydrogen) atoms. The smallest absolute Gasteiger partial charge is 0.308 e. The van der Waals surface area contributed by atoms with Gasteiger partial charge in [0.15, 0.2) is 25.6 Å². The number of ether oxygens (including phenoxy) is 5. The Hall–Kier alpha value is -2.84. The minimum absolute atomic E-state index is 0.00137. The zero-order chi connectivity index (χ0) is 18.2. The van der Waals surface area contributed by atoms with E-state index in [2.05, 4.69) is 0 Å². The van der Waals surface area contributed by atoms with Crippen LogP contribution in [0.3, 0.4) is 0 Å². The quantitative estimate of drug-likeness (QED) is 0.295. The monoisotopic (exact) mass is 350 g/mol. The van der Waals surface area contributed by atoms with E-state index in [1.165, 1.54) is 33.3 Å². The lowest BCUT2D eigenvalue weighted by atomic mass is 10.1. The van der Waals surface area contributed by atoms with E-state index in [0.717, 1.165) is 0 Å². The molecule has 8 heteroatoms. The molecule has 2 rings (SSSR count). The first-order valence-corrected chi connectivity index (χ1v) is 7.24. The minimum Gasteiger partial charge on any atom is -0.467 e. The van der Waals surface area contributed by atoms with Gasteiger partial charge in [0, 0.05) is 33.3 Å². The van der Waals surface area contributed by atoms with Crippen LogP contribution in [0.1, 0.15) is 17.5 Å². The highest BCUT2D eigenvalue weighted by Crippen LogP contribution is 2.42. The lowest BCUT2D eigenvalue weighted by Crippen LogP contribution is -2.07. The predicted octanol–water partition coefficient (Wildman–Crippen LogP) is 2.65. The molecule has 0 aliphatic carbocycles. The first-order chi connectivity index (χ1) is 12.1. The van der Waals surface area contributed by atoms with E-state index in [9.17, 15) is 9.59 Å². The fraction of sp³-hybridized carbons (Fsp3) is 0.294. The molecule has 0 spiro atoms. The van der Waals surface area contributed by atoms with Crippen LogP contribution in [0.2, 0.25) is 0 Å². The Labute approximate surface area is 144 Å². The SMILES string of the molecule is COCOc1cc(OCOC)c(-c2ccc(C=O)o2)c(OC(C)=O)c1. The van der Waals surface area contributed by atoms with Crippen molar-refractivity contribution in [2.45, 2.75) is 6.92 Å². The van der Waals surface area contributed by atoms with Gasteiger partial charge in [-0.05, 0) is 12.1 Å². The largest absolute Gasteiger partial charge is 0.467 e. The first-order valence-electron chi connectivity index (χ1n) is 7.24. The zero-order valence-corrected chi connectivity index (χ0v) is 14.1. The third-order valence-corrected chi connectivity index (χ3v) is 2.96. The molecule has 0 radical (unpaired) electrons. The number of methoxy groups -OCH3 is 2. The molecule has 1 aromatic carbocycles. The number of hydrogen-bond acceptors (Lipinski definition) is 8. The number of aldehydes is 1. The number of carbonyl (C=O) groups is 2. The maximum Gasteiger partial charge on any atom is 0.308 e. The highest BCUT2D eigenvalue weighted by molar-refractivity contribution is 5.81. The maximum atomic E-state index is 11.5. The van der Waals surface area contributed by atoms with E-state index in [4.69, 9.17) is 28.1 Å². The summed E-state index contributed by atoms with van der Waals surface area (Å²) < 4.78 is 31.4. The van der Waals surface area contributed by atoms with Gasteiger partial charge in [-0.15, -0.1) is 0 Å². The number of benzene rings is 1. The van der Waals surface area contributed by atoms with E-state index in [0.29, 0.717) is 29.1 Å². The van der Waals surface area contributed by atoms with E-state index >= 15 is 0 Å². The fourth-order valence-electron chi connectivity index (χ4n) is 2.04. The van der Waals surface area contributed by atoms with E-state index in [1.807, 2.05) is 0 Å². The molecule has 1 aromatic heterocycles. The van der Waals surface area contributed by atoms with E-state index in [1.54, 1.807) is 12.1 Å². The standard InChI is InChI=1S/C17H18O8/c1-11(19)24-16-7-13(22-9-20-2)6-15(23-10-21-3)17(16)14-5-4-12(8-18)25-14/h4-8H,9-10H2,1-3H3. The number of hydrogen-bond donors (Lipinski definition) is 0. The Morgan fingerprint density at radius 3 is 2.36 bits per heavy atom. The van der Waals surface area contributed by atoms with Crippen molar-refractivity contribution >= 4 is 12.3 Å². The van der Waals surface area contributed by atoms with Gasteiger partial charge in [-0.3, -0.25) is 9.59 Å². The Morgan fingerprint density at radius 1 is 1.08 bits per heavy atom. The molecule has 2 aromatic rings. The lowest BCUT2D eigenvalue weighted by molar-refractivity contribution is -0.131. The lowest BCUT2D eigenvalue weighted by Gasteiger charge is -2.16. The fourth-order valence-corrected chi connectivity index (χ4v) is 2.04. The van der Waals surface area contributed by atoms with Crippen LogP contribution < -0.4 is 14.2 Å². The molecule has 0 aliphatic rings. The first kappa shape index (κ1) is 18.5. The molecule has 134 valence electrons. The van der Waals surface area contributed by atoms with Crippen molar-refractivity contribution in [1.82, 2.24) is 0 Å². The van der Waals surface area contributed by atoms with Gasteiger partial charge in [0.25, 0.3) is 0 Å². The van der Waals surface area contributed by atoms with Crippen molar-refractivity contribution in [1.29, 1.82) is 0 Å². The number of rotatable bonds is 9. The second-order valence-corrected chi connectivity index (χ2v) is 4.81. The normalized spacial score (nSPS) is 10.4. The molecule has 0 saturated heterocycles. The van der Waals surface area contributed by atoms with Crippen LogP contribution in [0.15, 0.2) is 28.7 Å². The van der Waals surface area contributed by atoms with Crippen molar-refractivity contribution in [2.75, 3.05) is 27.8 Å². The molecular formula is C17H18O8. The maximum absolute atomic E-state index is 11.5. The zero-order valence-electron chi connectivity index (χ0n) is 14.1. The Balaban J connectivity index is 2.56. The summed E-state index contributed by atoms with van der Waals surface area (Å²) in [4.78, 5) is 22.3. The topological polar surface area (TPSA) is 93.4 Å². The second-order valence-electron chi connectivity index (χ2n) is 4.81. The summed E-state index contributed by atoms with van der Waals surface area (Å²) in [6.07, 6.45) is 0.570. The molecule has 0 bridgehead atoms. The molecule has 0 unspecified atom stereocenters. The molecule has 0 atom stereocenters. The van der Waals surface area contributed by atoms with E-state index < -0.39 is 5.97 Å². The van der Waals surface area contributed by atoms with Crippen LogP contribution in [0.25, 0.3) is 11.3 Å². The van der Waals surface area contributed by atoms with E-state index in [-0.39, 0.29) is 25.1 Å². The molecular weight excluding hydrogens is 332 g/mol. The number of carbonyl (C=O) groups excluding carboxylic acids is 2. The van der Waals surface area contributed by atoms with Crippen molar-refractivity contribution in [3.63, 3.8) is 0 Å². The molecule has 1 heterocycles. The van der Waals surface area contributed by atoms with Gasteiger partial charge >= 0.3 is 5.97 Å².